The molecule has 0 radical (unpaired) electrons. The molecule has 0 bridgehead atoms. The standard InChI is InChI=1S/C10H16N6O/c1-8(2)15(6-7-17-3)10-5-4-9-11-13-14-16(9)12-10/h4-5,8H,6-7H2,1-3H3. The van der Waals surface area contributed by atoms with E-state index < -0.39 is 0 Å². The summed E-state index contributed by atoms with van der Waals surface area (Å²) in [6.45, 7) is 5.67. The third-order valence-corrected chi connectivity index (χ3v) is 2.51. The Morgan fingerprint density at radius 1 is 1.41 bits per heavy atom. The quantitative estimate of drug-likeness (QED) is 0.747. The van der Waals surface area contributed by atoms with Crippen molar-refractivity contribution in [2.45, 2.75) is 19.9 Å². The Kier molecular flexibility index (Phi) is 3.48. The normalized spacial score (nSPS) is 11.3. The molecule has 17 heavy (non-hydrogen) atoms. The van der Waals surface area contributed by atoms with Crippen LogP contribution in [0.15, 0.2) is 12.1 Å². The molecule has 2 heterocycles. The molecular weight excluding hydrogens is 220 g/mol. The number of aromatic nitrogens is 5. The molecule has 0 saturated heterocycles. The lowest BCUT2D eigenvalue weighted by Crippen LogP contribution is -2.34. The second-order valence-electron chi connectivity index (χ2n) is 4.00. The number of nitrogens with zero attached hydrogens (tertiary/aromatic N) is 6. The number of hydrogen-bond donors (Lipinski definition) is 0. The SMILES string of the molecule is COCCN(c1ccc2nnnn2n1)C(C)C. The van der Waals surface area contributed by atoms with E-state index >= 15 is 0 Å². The molecule has 0 aliphatic heterocycles. The van der Waals surface area contributed by atoms with Crippen LogP contribution < -0.4 is 4.90 Å². The first-order chi connectivity index (χ1) is 8.22. The Hall–Kier alpha value is -1.76. The van der Waals surface area contributed by atoms with Gasteiger partial charge in [-0.3, -0.25) is 0 Å². The van der Waals surface area contributed by atoms with Gasteiger partial charge in [-0.05, 0) is 36.4 Å². The van der Waals surface area contributed by atoms with Crippen molar-refractivity contribution in [2.75, 3.05) is 25.2 Å². The number of rotatable bonds is 5. The summed E-state index contributed by atoms with van der Waals surface area (Å²) in [6, 6.07) is 4.11. The lowest BCUT2D eigenvalue weighted by atomic mass is 10.3. The summed E-state index contributed by atoms with van der Waals surface area (Å²) in [6.07, 6.45) is 0. The van der Waals surface area contributed by atoms with E-state index in [2.05, 4.69) is 39.4 Å². The van der Waals surface area contributed by atoms with Gasteiger partial charge in [0, 0.05) is 19.7 Å². The van der Waals surface area contributed by atoms with E-state index in [0.717, 1.165) is 12.4 Å². The molecule has 7 heteroatoms. The fourth-order valence-corrected chi connectivity index (χ4v) is 1.62. The molecule has 2 aromatic heterocycles. The van der Waals surface area contributed by atoms with Crippen molar-refractivity contribution in [3.63, 3.8) is 0 Å². The Balaban J connectivity index is 2.27. The smallest absolute Gasteiger partial charge is 0.200 e. The molecule has 0 atom stereocenters. The average molecular weight is 236 g/mol. The summed E-state index contributed by atoms with van der Waals surface area (Å²) in [4.78, 5) is 2.14. The molecule has 0 N–H and O–H groups in total. The third-order valence-electron chi connectivity index (χ3n) is 2.51. The van der Waals surface area contributed by atoms with Crippen molar-refractivity contribution in [2.24, 2.45) is 0 Å². The molecule has 92 valence electrons. The third kappa shape index (κ3) is 2.50. The molecule has 0 fully saturated rings. The van der Waals surface area contributed by atoms with Gasteiger partial charge >= 0.3 is 0 Å². The van der Waals surface area contributed by atoms with E-state index in [4.69, 9.17) is 4.74 Å². The minimum Gasteiger partial charge on any atom is -0.383 e. The molecule has 2 rings (SSSR count). The van der Waals surface area contributed by atoms with Crippen LogP contribution in [-0.2, 0) is 4.74 Å². The molecule has 0 spiro atoms. The van der Waals surface area contributed by atoms with Gasteiger partial charge in [0.2, 0.25) is 0 Å². The van der Waals surface area contributed by atoms with E-state index in [-0.39, 0.29) is 0 Å². The van der Waals surface area contributed by atoms with E-state index in [1.54, 1.807) is 7.11 Å². The fourth-order valence-electron chi connectivity index (χ4n) is 1.62. The van der Waals surface area contributed by atoms with Crippen LogP contribution in [0.4, 0.5) is 5.82 Å². The second-order valence-corrected chi connectivity index (χ2v) is 4.00. The van der Waals surface area contributed by atoms with Crippen molar-refractivity contribution in [3.8, 4) is 0 Å². The average Bonchev–Trinajstić information content (AvgIpc) is 2.76. The Morgan fingerprint density at radius 3 is 2.94 bits per heavy atom. The van der Waals surface area contributed by atoms with Gasteiger partial charge in [0.15, 0.2) is 11.5 Å². The summed E-state index contributed by atoms with van der Waals surface area (Å²) in [5.74, 6) is 0.844. The highest BCUT2D eigenvalue weighted by molar-refractivity contribution is 5.44. The molecule has 0 aromatic carbocycles. The van der Waals surface area contributed by atoms with E-state index in [9.17, 15) is 0 Å². The van der Waals surface area contributed by atoms with Crippen LogP contribution in [0.3, 0.4) is 0 Å². The van der Waals surface area contributed by atoms with Crippen molar-refractivity contribution in [3.05, 3.63) is 12.1 Å². The molecule has 0 aliphatic rings. The summed E-state index contributed by atoms with van der Waals surface area (Å²) in [5.41, 5.74) is 0.643. The van der Waals surface area contributed by atoms with Gasteiger partial charge in [-0.1, -0.05) is 0 Å². The van der Waals surface area contributed by atoms with Crippen LogP contribution >= 0.6 is 0 Å². The van der Waals surface area contributed by atoms with Crippen LogP contribution in [0, 0.1) is 0 Å². The number of hydrogen-bond acceptors (Lipinski definition) is 6. The van der Waals surface area contributed by atoms with Crippen LogP contribution in [0.2, 0.25) is 0 Å². The van der Waals surface area contributed by atoms with Gasteiger partial charge in [-0.25, -0.2) is 0 Å². The maximum absolute atomic E-state index is 5.10. The van der Waals surface area contributed by atoms with E-state index in [0.29, 0.717) is 18.3 Å². The predicted molar refractivity (Wildman–Crippen MR) is 62.9 cm³/mol. The van der Waals surface area contributed by atoms with Crippen LogP contribution in [0.25, 0.3) is 5.65 Å². The van der Waals surface area contributed by atoms with Gasteiger partial charge in [0.1, 0.15) is 0 Å². The Bertz CT molecular complexity index is 482. The molecular formula is C10H16N6O. The number of anilines is 1. The lowest BCUT2D eigenvalue weighted by Gasteiger charge is -2.27. The number of ether oxygens (including phenoxy) is 1. The minimum absolute atomic E-state index is 0.339. The van der Waals surface area contributed by atoms with Crippen molar-refractivity contribution in [1.82, 2.24) is 25.3 Å². The summed E-state index contributed by atoms with van der Waals surface area (Å²) in [5, 5.41) is 15.5. The molecule has 0 aliphatic carbocycles. The molecule has 2 aromatic rings. The lowest BCUT2D eigenvalue weighted by molar-refractivity contribution is 0.203. The first kappa shape index (κ1) is 11.7. The summed E-state index contributed by atoms with van der Waals surface area (Å²) >= 11 is 0. The topological polar surface area (TPSA) is 68.4 Å². The van der Waals surface area contributed by atoms with Crippen molar-refractivity contribution < 1.29 is 4.74 Å². The summed E-state index contributed by atoms with van der Waals surface area (Å²) in [7, 11) is 1.69. The van der Waals surface area contributed by atoms with Crippen LogP contribution in [0.5, 0.6) is 0 Å². The Labute approximate surface area is 99.4 Å². The number of tetrazole rings is 1. The molecule has 0 unspecified atom stereocenters. The maximum atomic E-state index is 5.10. The molecule has 7 nitrogen and oxygen atoms in total. The van der Waals surface area contributed by atoms with Crippen LogP contribution in [0.1, 0.15) is 13.8 Å². The zero-order chi connectivity index (χ0) is 12.3. The zero-order valence-electron chi connectivity index (χ0n) is 10.2. The summed E-state index contributed by atoms with van der Waals surface area (Å²) < 4.78 is 6.53. The van der Waals surface area contributed by atoms with Gasteiger partial charge in [0.25, 0.3) is 0 Å². The zero-order valence-corrected chi connectivity index (χ0v) is 10.2. The largest absolute Gasteiger partial charge is 0.383 e. The van der Waals surface area contributed by atoms with E-state index in [1.165, 1.54) is 4.63 Å². The van der Waals surface area contributed by atoms with Crippen molar-refractivity contribution in [1.29, 1.82) is 0 Å². The fraction of sp³-hybridized carbons (Fsp3) is 0.600. The number of methoxy groups -OCH3 is 1. The first-order valence-corrected chi connectivity index (χ1v) is 5.53. The minimum atomic E-state index is 0.339. The van der Waals surface area contributed by atoms with Gasteiger partial charge < -0.3 is 9.64 Å². The maximum Gasteiger partial charge on any atom is 0.200 e. The van der Waals surface area contributed by atoms with Crippen LogP contribution in [-0.4, -0.2) is 51.6 Å². The van der Waals surface area contributed by atoms with Gasteiger partial charge in [-0.2, -0.15) is 0 Å². The van der Waals surface area contributed by atoms with Gasteiger partial charge in [-0.15, -0.1) is 14.8 Å². The van der Waals surface area contributed by atoms with Gasteiger partial charge in [0.05, 0.1) is 6.61 Å². The monoisotopic (exact) mass is 236 g/mol. The first-order valence-electron chi connectivity index (χ1n) is 5.53. The highest BCUT2D eigenvalue weighted by Gasteiger charge is 2.12. The Morgan fingerprint density at radius 2 is 2.24 bits per heavy atom. The predicted octanol–water partition coefficient (Wildman–Crippen LogP) is 0.380. The highest BCUT2D eigenvalue weighted by Crippen LogP contribution is 2.13. The molecule has 0 amide bonds. The molecule has 0 saturated carbocycles. The van der Waals surface area contributed by atoms with E-state index in [1.807, 2.05) is 12.1 Å². The highest BCUT2D eigenvalue weighted by atomic mass is 16.5. The number of fused-ring (bicyclic) bond motifs is 1. The second kappa shape index (κ2) is 5.05. The van der Waals surface area contributed by atoms with Crippen molar-refractivity contribution >= 4 is 11.5 Å².